The summed E-state index contributed by atoms with van der Waals surface area (Å²) in [5, 5.41) is 0. The minimum Gasteiger partial charge on any atom is -0.338 e. The smallest absolute Gasteiger partial charge is 0.255 e. The lowest BCUT2D eigenvalue weighted by Crippen LogP contribution is -2.33. The fourth-order valence-electron chi connectivity index (χ4n) is 3.67. The van der Waals surface area contributed by atoms with Crippen LogP contribution in [-0.4, -0.2) is 28.9 Å². The van der Waals surface area contributed by atoms with Crippen LogP contribution in [0.25, 0.3) is 0 Å². The molecule has 1 saturated carbocycles. The van der Waals surface area contributed by atoms with Gasteiger partial charge in [-0.05, 0) is 43.2 Å². The molecule has 1 aromatic heterocycles. The van der Waals surface area contributed by atoms with Crippen molar-refractivity contribution in [1.29, 1.82) is 0 Å². The van der Waals surface area contributed by atoms with Crippen LogP contribution in [0.4, 0.5) is 0 Å². The largest absolute Gasteiger partial charge is 0.338 e. The highest BCUT2D eigenvalue weighted by atomic mass is 16.2. The first-order valence-electron chi connectivity index (χ1n) is 7.40. The second-order valence-corrected chi connectivity index (χ2v) is 6.29. The van der Waals surface area contributed by atoms with Gasteiger partial charge in [0.15, 0.2) is 0 Å². The highest BCUT2D eigenvalue weighted by Gasteiger charge is 2.40. The molecule has 1 saturated heterocycles. The summed E-state index contributed by atoms with van der Waals surface area (Å²) < 4.78 is 0. The van der Waals surface area contributed by atoms with E-state index >= 15 is 0 Å². The van der Waals surface area contributed by atoms with Gasteiger partial charge in [-0.25, -0.2) is 0 Å². The number of amides is 1. The van der Waals surface area contributed by atoms with Gasteiger partial charge >= 0.3 is 0 Å². The summed E-state index contributed by atoms with van der Waals surface area (Å²) >= 11 is 0. The molecule has 0 atom stereocenters. The summed E-state index contributed by atoms with van der Waals surface area (Å²) in [7, 11) is 0. The Bertz CT molecular complexity index is 477. The molecule has 19 heavy (non-hydrogen) atoms. The summed E-state index contributed by atoms with van der Waals surface area (Å²) in [6.07, 6.45) is 11.4. The Labute approximate surface area is 115 Å². The topological polar surface area (TPSA) is 33.2 Å². The molecule has 102 valence electrons. The minimum absolute atomic E-state index is 0.165. The van der Waals surface area contributed by atoms with E-state index < -0.39 is 0 Å². The van der Waals surface area contributed by atoms with Crippen LogP contribution in [0.3, 0.4) is 0 Å². The molecule has 0 aromatic carbocycles. The first kappa shape index (κ1) is 12.6. The standard InChI is InChI=1S/C16H22N2O/c1-13-9-14(11-17-10-13)15(19)18-8-7-16(12-18)5-3-2-4-6-16/h9-11H,2-8,12H2,1H3. The summed E-state index contributed by atoms with van der Waals surface area (Å²) in [5.41, 5.74) is 2.23. The maximum absolute atomic E-state index is 12.5. The van der Waals surface area contributed by atoms with Gasteiger partial charge < -0.3 is 4.90 Å². The number of nitrogens with zero attached hydrogens (tertiary/aromatic N) is 2. The number of carbonyl (C=O) groups excluding carboxylic acids is 1. The second kappa shape index (κ2) is 4.95. The number of aromatic nitrogens is 1. The van der Waals surface area contributed by atoms with Crippen LogP contribution >= 0.6 is 0 Å². The quantitative estimate of drug-likeness (QED) is 0.775. The van der Waals surface area contributed by atoms with Crippen LogP contribution in [0.2, 0.25) is 0 Å². The van der Waals surface area contributed by atoms with Crippen LogP contribution in [0.5, 0.6) is 0 Å². The highest BCUT2D eigenvalue weighted by Crippen LogP contribution is 2.43. The molecule has 3 heteroatoms. The third kappa shape index (κ3) is 2.51. The van der Waals surface area contributed by atoms with Gasteiger partial charge in [-0.1, -0.05) is 19.3 Å². The van der Waals surface area contributed by atoms with Crippen molar-refractivity contribution in [2.75, 3.05) is 13.1 Å². The normalized spacial score (nSPS) is 21.8. The molecular formula is C16H22N2O. The van der Waals surface area contributed by atoms with Gasteiger partial charge in [0.2, 0.25) is 0 Å². The number of likely N-dealkylation sites (tertiary alicyclic amines) is 1. The molecule has 3 nitrogen and oxygen atoms in total. The molecule has 1 spiro atoms. The zero-order chi connectivity index (χ0) is 13.3. The van der Waals surface area contributed by atoms with Crippen LogP contribution in [0.15, 0.2) is 18.5 Å². The average Bonchev–Trinajstić information content (AvgIpc) is 2.82. The van der Waals surface area contributed by atoms with Crippen LogP contribution in [0.1, 0.15) is 54.4 Å². The van der Waals surface area contributed by atoms with Gasteiger partial charge in [-0.2, -0.15) is 0 Å². The number of hydrogen-bond donors (Lipinski definition) is 0. The van der Waals surface area contributed by atoms with E-state index in [1.54, 1.807) is 12.4 Å². The number of hydrogen-bond acceptors (Lipinski definition) is 2. The van der Waals surface area contributed by atoms with Gasteiger partial charge in [0.05, 0.1) is 5.56 Å². The molecule has 2 heterocycles. The number of aryl methyl sites for hydroxylation is 1. The van der Waals surface area contributed by atoms with Crippen molar-refractivity contribution in [2.45, 2.75) is 45.4 Å². The minimum atomic E-state index is 0.165. The molecule has 1 amide bonds. The lowest BCUT2D eigenvalue weighted by molar-refractivity contribution is 0.0758. The molecule has 1 aliphatic carbocycles. The fraction of sp³-hybridized carbons (Fsp3) is 0.625. The Morgan fingerprint density at radius 3 is 2.74 bits per heavy atom. The predicted octanol–water partition coefficient (Wildman–Crippen LogP) is 3.19. The van der Waals surface area contributed by atoms with Crippen molar-refractivity contribution >= 4 is 5.91 Å². The molecular weight excluding hydrogens is 236 g/mol. The van der Waals surface area contributed by atoms with Crippen LogP contribution < -0.4 is 0 Å². The van der Waals surface area contributed by atoms with Gasteiger partial charge in [0, 0.05) is 25.5 Å². The Kier molecular flexibility index (Phi) is 3.29. The zero-order valence-corrected chi connectivity index (χ0v) is 11.7. The van der Waals surface area contributed by atoms with Gasteiger partial charge in [0.25, 0.3) is 5.91 Å². The van der Waals surface area contributed by atoms with E-state index in [4.69, 9.17) is 0 Å². The average molecular weight is 258 g/mol. The van der Waals surface area contributed by atoms with E-state index in [9.17, 15) is 4.79 Å². The van der Waals surface area contributed by atoms with E-state index in [1.807, 2.05) is 17.9 Å². The Morgan fingerprint density at radius 2 is 2.00 bits per heavy atom. The summed E-state index contributed by atoms with van der Waals surface area (Å²) in [6.45, 7) is 3.86. The Hall–Kier alpha value is -1.38. The van der Waals surface area contributed by atoms with E-state index in [2.05, 4.69) is 4.98 Å². The predicted molar refractivity (Wildman–Crippen MR) is 75.0 cm³/mol. The molecule has 2 fully saturated rings. The fourth-order valence-corrected chi connectivity index (χ4v) is 3.67. The molecule has 0 bridgehead atoms. The lowest BCUT2D eigenvalue weighted by Gasteiger charge is -2.33. The van der Waals surface area contributed by atoms with Gasteiger partial charge in [-0.3, -0.25) is 9.78 Å². The first-order valence-corrected chi connectivity index (χ1v) is 7.40. The number of carbonyl (C=O) groups is 1. The number of pyridine rings is 1. The van der Waals surface area contributed by atoms with Gasteiger partial charge in [-0.15, -0.1) is 0 Å². The van der Waals surface area contributed by atoms with Crippen molar-refractivity contribution in [3.05, 3.63) is 29.6 Å². The van der Waals surface area contributed by atoms with Crippen LogP contribution in [-0.2, 0) is 0 Å². The number of rotatable bonds is 1. The van der Waals surface area contributed by atoms with Crippen molar-refractivity contribution in [3.63, 3.8) is 0 Å². The zero-order valence-electron chi connectivity index (χ0n) is 11.7. The van der Waals surface area contributed by atoms with Crippen molar-refractivity contribution in [1.82, 2.24) is 9.88 Å². The molecule has 0 N–H and O–H groups in total. The highest BCUT2D eigenvalue weighted by molar-refractivity contribution is 5.94. The molecule has 1 aliphatic heterocycles. The van der Waals surface area contributed by atoms with E-state index in [0.29, 0.717) is 5.41 Å². The lowest BCUT2D eigenvalue weighted by atomic mass is 9.73. The third-order valence-corrected chi connectivity index (χ3v) is 4.76. The molecule has 2 aliphatic rings. The monoisotopic (exact) mass is 258 g/mol. The maximum Gasteiger partial charge on any atom is 0.255 e. The van der Waals surface area contributed by atoms with E-state index in [1.165, 1.54) is 38.5 Å². The molecule has 0 radical (unpaired) electrons. The summed E-state index contributed by atoms with van der Waals surface area (Å²) in [4.78, 5) is 18.7. The van der Waals surface area contributed by atoms with Gasteiger partial charge in [0.1, 0.15) is 0 Å². The summed E-state index contributed by atoms with van der Waals surface area (Å²) in [5.74, 6) is 0.165. The molecule has 3 rings (SSSR count). The van der Waals surface area contributed by atoms with Crippen molar-refractivity contribution < 1.29 is 4.79 Å². The van der Waals surface area contributed by atoms with Crippen molar-refractivity contribution in [2.24, 2.45) is 5.41 Å². The third-order valence-electron chi connectivity index (χ3n) is 4.76. The molecule has 1 aromatic rings. The summed E-state index contributed by atoms with van der Waals surface area (Å²) in [6, 6.07) is 1.95. The second-order valence-electron chi connectivity index (χ2n) is 6.29. The van der Waals surface area contributed by atoms with Crippen molar-refractivity contribution in [3.8, 4) is 0 Å². The first-order chi connectivity index (χ1) is 9.19. The SMILES string of the molecule is Cc1cncc(C(=O)N2CCC3(CCCCC3)C2)c1. The Balaban J connectivity index is 1.72. The van der Waals surface area contributed by atoms with E-state index in [-0.39, 0.29) is 5.91 Å². The molecule has 0 unspecified atom stereocenters. The Morgan fingerprint density at radius 1 is 1.21 bits per heavy atom. The van der Waals surface area contributed by atoms with Crippen LogP contribution in [0, 0.1) is 12.3 Å². The maximum atomic E-state index is 12.5. The van der Waals surface area contributed by atoms with E-state index in [0.717, 1.165) is 24.2 Å².